The second-order valence-corrected chi connectivity index (χ2v) is 10.9. The van der Waals surface area contributed by atoms with Crippen LogP contribution >= 0.6 is 0 Å². The molecule has 2 rings (SSSR count). The lowest BCUT2D eigenvalue weighted by molar-refractivity contribution is 0.275. The van der Waals surface area contributed by atoms with Crippen LogP contribution in [0.3, 0.4) is 0 Å². The molecular formula is C33H56N2. The van der Waals surface area contributed by atoms with Crippen LogP contribution < -0.4 is 0 Å². The van der Waals surface area contributed by atoms with Gasteiger partial charge in [-0.1, -0.05) is 153 Å². The number of aromatic nitrogens is 2. The summed E-state index contributed by atoms with van der Waals surface area (Å²) in [4.78, 5) is 4.42. The molecule has 0 bridgehead atoms. The Bertz CT molecular complexity index is 678. The van der Waals surface area contributed by atoms with E-state index < -0.39 is 0 Å². The van der Waals surface area contributed by atoms with Crippen molar-refractivity contribution < 1.29 is 0 Å². The monoisotopic (exact) mass is 480 g/mol. The summed E-state index contributed by atoms with van der Waals surface area (Å²) in [5.41, 5.74) is 1.49. The number of hydrogen-bond acceptors (Lipinski definition) is 1. The van der Waals surface area contributed by atoms with Crippen molar-refractivity contribution in [1.29, 1.82) is 0 Å². The molecule has 35 heavy (non-hydrogen) atoms. The van der Waals surface area contributed by atoms with Crippen molar-refractivity contribution in [2.45, 2.75) is 148 Å². The first kappa shape index (κ1) is 29.7. The summed E-state index contributed by atoms with van der Waals surface area (Å²) in [6.45, 7) is 4.61. The molecule has 2 nitrogen and oxygen atoms in total. The first-order valence-electron chi connectivity index (χ1n) is 15.4. The molecule has 0 aliphatic heterocycles. The van der Waals surface area contributed by atoms with E-state index in [4.69, 9.17) is 0 Å². The molecular weight excluding hydrogens is 424 g/mol. The summed E-state index contributed by atoms with van der Waals surface area (Å²) in [5.74, 6) is 0.695. The molecule has 0 N–H and O–H groups in total. The minimum absolute atomic E-state index is 0.576. The maximum absolute atomic E-state index is 4.42. The Morgan fingerprint density at radius 2 is 1.14 bits per heavy atom. The Kier molecular flexibility index (Phi) is 17.5. The van der Waals surface area contributed by atoms with E-state index >= 15 is 0 Å². The van der Waals surface area contributed by atoms with Gasteiger partial charge in [-0.25, -0.2) is 4.98 Å². The van der Waals surface area contributed by atoms with E-state index in [1.807, 2.05) is 6.20 Å². The predicted octanol–water partition coefficient (Wildman–Crippen LogP) is 10.7. The van der Waals surface area contributed by atoms with Gasteiger partial charge in [0.15, 0.2) is 0 Å². The summed E-state index contributed by atoms with van der Waals surface area (Å²) < 4.78 is 2.42. The Morgan fingerprint density at radius 3 is 1.69 bits per heavy atom. The third kappa shape index (κ3) is 13.9. The quantitative estimate of drug-likeness (QED) is 0.145. The van der Waals surface area contributed by atoms with Crippen molar-refractivity contribution in [2.24, 2.45) is 5.92 Å². The fourth-order valence-electron chi connectivity index (χ4n) is 5.65. The van der Waals surface area contributed by atoms with Crippen molar-refractivity contribution in [2.75, 3.05) is 0 Å². The molecule has 0 spiro atoms. The zero-order valence-electron chi connectivity index (χ0n) is 23.3. The molecule has 2 atom stereocenters. The van der Waals surface area contributed by atoms with E-state index in [1.165, 1.54) is 134 Å². The molecule has 0 aliphatic rings. The van der Waals surface area contributed by atoms with Crippen LogP contribution in [0.5, 0.6) is 0 Å². The topological polar surface area (TPSA) is 17.8 Å². The van der Waals surface area contributed by atoms with Gasteiger partial charge in [-0.2, -0.15) is 0 Å². The van der Waals surface area contributed by atoms with E-state index in [0.717, 1.165) is 0 Å². The van der Waals surface area contributed by atoms with Gasteiger partial charge in [0.1, 0.15) is 0 Å². The Hall–Kier alpha value is -1.57. The normalized spacial score (nSPS) is 13.2. The van der Waals surface area contributed by atoms with E-state index in [1.54, 1.807) is 0 Å². The molecule has 0 saturated carbocycles. The lowest BCUT2D eigenvalue weighted by atomic mass is 9.84. The maximum Gasteiger partial charge on any atom is 0.0948 e. The Morgan fingerprint density at radius 1 is 0.629 bits per heavy atom. The smallest absolute Gasteiger partial charge is 0.0948 e. The fourth-order valence-corrected chi connectivity index (χ4v) is 5.65. The number of nitrogens with zero attached hydrogens (tertiary/aromatic N) is 2. The van der Waals surface area contributed by atoms with Gasteiger partial charge in [-0.15, -0.1) is 0 Å². The fraction of sp³-hybridized carbons (Fsp3) is 0.727. The van der Waals surface area contributed by atoms with Gasteiger partial charge in [0, 0.05) is 18.4 Å². The predicted molar refractivity (Wildman–Crippen MR) is 154 cm³/mol. The highest BCUT2D eigenvalue weighted by Gasteiger charge is 2.23. The molecule has 0 amide bonds. The van der Waals surface area contributed by atoms with Crippen LogP contribution in [0.2, 0.25) is 0 Å². The van der Waals surface area contributed by atoms with Gasteiger partial charge < -0.3 is 4.57 Å². The second-order valence-electron chi connectivity index (χ2n) is 10.9. The van der Waals surface area contributed by atoms with Crippen molar-refractivity contribution in [1.82, 2.24) is 9.55 Å². The molecule has 198 valence electrons. The van der Waals surface area contributed by atoms with Crippen molar-refractivity contribution in [3.05, 3.63) is 54.6 Å². The largest absolute Gasteiger partial charge is 0.334 e. The summed E-state index contributed by atoms with van der Waals surface area (Å²) in [6.07, 6.45) is 34.0. The molecule has 0 saturated heterocycles. The number of benzene rings is 1. The first-order chi connectivity index (χ1) is 17.3. The number of hydrogen-bond donors (Lipinski definition) is 0. The van der Waals surface area contributed by atoms with E-state index in [0.29, 0.717) is 12.0 Å². The van der Waals surface area contributed by atoms with Crippen molar-refractivity contribution in [3.8, 4) is 0 Å². The summed E-state index contributed by atoms with van der Waals surface area (Å²) >= 11 is 0. The summed E-state index contributed by atoms with van der Waals surface area (Å²) in [5, 5.41) is 0. The van der Waals surface area contributed by atoms with Crippen LogP contribution in [0.4, 0.5) is 0 Å². The summed E-state index contributed by atoms with van der Waals surface area (Å²) in [6, 6.07) is 11.7. The van der Waals surface area contributed by atoms with Crippen LogP contribution in [0, 0.1) is 5.92 Å². The molecule has 2 aromatic rings. The molecule has 1 aromatic heterocycles. The molecule has 1 aromatic carbocycles. The third-order valence-electron chi connectivity index (χ3n) is 7.82. The molecule has 0 aliphatic carbocycles. The average molecular weight is 481 g/mol. The molecule has 0 radical (unpaired) electrons. The highest BCUT2D eigenvalue weighted by molar-refractivity contribution is 5.15. The molecule has 2 unspecified atom stereocenters. The van der Waals surface area contributed by atoms with Gasteiger partial charge in [0.05, 0.1) is 6.33 Å². The van der Waals surface area contributed by atoms with Crippen LogP contribution in [0.1, 0.15) is 147 Å². The van der Waals surface area contributed by atoms with Gasteiger partial charge in [0.25, 0.3) is 0 Å². The molecule has 2 heteroatoms. The minimum Gasteiger partial charge on any atom is -0.334 e. The standard InChI is InChI=1S/C33H56N2/c1-3-5-7-9-10-11-12-13-14-15-16-17-22-26-33(35-28-27-34-30-35)32(25-21-8-6-4-2)29-31-23-19-18-20-24-31/h18-20,23-24,27-28,30,32-33H,3-17,21-22,25-26,29H2,1-2H3. The van der Waals surface area contributed by atoms with Gasteiger partial charge in [0.2, 0.25) is 0 Å². The van der Waals surface area contributed by atoms with Crippen LogP contribution in [-0.2, 0) is 6.42 Å². The molecule has 0 fully saturated rings. The Labute approximate surface area is 218 Å². The number of imidazole rings is 1. The van der Waals surface area contributed by atoms with E-state index in [-0.39, 0.29) is 0 Å². The first-order valence-corrected chi connectivity index (χ1v) is 15.4. The zero-order chi connectivity index (χ0) is 24.8. The van der Waals surface area contributed by atoms with Gasteiger partial charge in [-0.05, 0) is 30.7 Å². The van der Waals surface area contributed by atoms with Crippen LogP contribution in [-0.4, -0.2) is 9.55 Å². The third-order valence-corrected chi connectivity index (χ3v) is 7.82. The van der Waals surface area contributed by atoms with Crippen molar-refractivity contribution in [3.63, 3.8) is 0 Å². The van der Waals surface area contributed by atoms with Crippen LogP contribution in [0.15, 0.2) is 49.1 Å². The highest BCUT2D eigenvalue weighted by Crippen LogP contribution is 2.32. The van der Waals surface area contributed by atoms with E-state index in [9.17, 15) is 0 Å². The second kappa shape index (κ2) is 20.6. The average Bonchev–Trinajstić information content (AvgIpc) is 3.42. The number of rotatable bonds is 23. The highest BCUT2D eigenvalue weighted by atomic mass is 15.1. The maximum atomic E-state index is 4.42. The van der Waals surface area contributed by atoms with E-state index in [2.05, 4.69) is 66.3 Å². The molecule has 1 heterocycles. The Balaban J connectivity index is 1.73. The summed E-state index contributed by atoms with van der Waals surface area (Å²) in [7, 11) is 0. The lowest BCUT2D eigenvalue weighted by Crippen LogP contribution is -2.21. The number of unbranched alkanes of at least 4 members (excludes halogenated alkanes) is 15. The lowest BCUT2D eigenvalue weighted by Gasteiger charge is -2.29. The zero-order valence-corrected chi connectivity index (χ0v) is 23.3. The SMILES string of the molecule is CCCCCCCCCCCCCCCC(C(CCCCCC)Cc1ccccc1)n1ccnc1. The van der Waals surface area contributed by atoms with Gasteiger partial charge >= 0.3 is 0 Å². The minimum atomic E-state index is 0.576. The van der Waals surface area contributed by atoms with Crippen molar-refractivity contribution >= 4 is 0 Å². The van der Waals surface area contributed by atoms with Gasteiger partial charge in [-0.3, -0.25) is 0 Å². The van der Waals surface area contributed by atoms with Crippen LogP contribution in [0.25, 0.3) is 0 Å².